The molecule has 1 unspecified atom stereocenters. The summed E-state index contributed by atoms with van der Waals surface area (Å²) < 4.78 is 20.7. The van der Waals surface area contributed by atoms with Crippen molar-refractivity contribution < 1.29 is 9.13 Å². The SMILES string of the molecule is CCn1ncc(OC)c1C(N)c1ccc(C)c(F)c1. The predicted octanol–water partition coefficient (Wildman–Crippen LogP) is 2.41. The zero-order chi connectivity index (χ0) is 14.0. The van der Waals surface area contributed by atoms with Crippen molar-refractivity contribution in [3.05, 3.63) is 47.0 Å². The highest BCUT2D eigenvalue weighted by molar-refractivity contribution is 5.37. The molecule has 5 heteroatoms. The summed E-state index contributed by atoms with van der Waals surface area (Å²) in [7, 11) is 1.57. The molecule has 0 amide bonds. The van der Waals surface area contributed by atoms with E-state index in [0.717, 1.165) is 5.69 Å². The Kier molecular flexibility index (Phi) is 3.85. The Morgan fingerprint density at radius 2 is 2.21 bits per heavy atom. The lowest BCUT2D eigenvalue weighted by molar-refractivity contribution is 0.404. The minimum Gasteiger partial charge on any atom is -0.493 e. The lowest BCUT2D eigenvalue weighted by atomic mass is 10.0. The van der Waals surface area contributed by atoms with Gasteiger partial charge in [0, 0.05) is 6.54 Å². The van der Waals surface area contributed by atoms with E-state index in [4.69, 9.17) is 10.5 Å². The van der Waals surface area contributed by atoms with Crippen LogP contribution in [0.3, 0.4) is 0 Å². The second-order valence-corrected chi connectivity index (χ2v) is 4.40. The molecule has 2 aromatic rings. The molecule has 0 aliphatic rings. The fourth-order valence-corrected chi connectivity index (χ4v) is 2.06. The summed E-state index contributed by atoms with van der Waals surface area (Å²) in [5.74, 6) is 0.366. The molecule has 0 spiro atoms. The molecule has 1 heterocycles. The third kappa shape index (κ3) is 2.46. The molecule has 1 atom stereocenters. The Morgan fingerprint density at radius 1 is 1.47 bits per heavy atom. The van der Waals surface area contributed by atoms with Gasteiger partial charge in [0.15, 0.2) is 5.75 Å². The van der Waals surface area contributed by atoms with Gasteiger partial charge in [-0.25, -0.2) is 4.39 Å². The molecular weight excluding hydrogens is 245 g/mol. The normalized spacial score (nSPS) is 12.5. The lowest BCUT2D eigenvalue weighted by Crippen LogP contribution is -2.18. The molecule has 1 aromatic carbocycles. The quantitative estimate of drug-likeness (QED) is 0.921. The molecule has 0 aliphatic heterocycles. The van der Waals surface area contributed by atoms with Crippen molar-refractivity contribution in [1.29, 1.82) is 0 Å². The Bertz CT molecular complexity index is 559. The summed E-state index contributed by atoms with van der Waals surface area (Å²) in [5, 5.41) is 4.21. The summed E-state index contributed by atoms with van der Waals surface area (Å²) >= 11 is 0. The van der Waals surface area contributed by atoms with Crippen LogP contribution in [0.2, 0.25) is 0 Å². The predicted molar refractivity (Wildman–Crippen MR) is 71.6 cm³/mol. The van der Waals surface area contributed by atoms with Crippen molar-refractivity contribution in [2.24, 2.45) is 5.73 Å². The molecule has 0 saturated heterocycles. The van der Waals surface area contributed by atoms with Crippen LogP contribution in [0.4, 0.5) is 4.39 Å². The zero-order valence-electron chi connectivity index (χ0n) is 11.4. The fourth-order valence-electron chi connectivity index (χ4n) is 2.06. The molecule has 102 valence electrons. The molecular formula is C14H18FN3O. The highest BCUT2D eigenvalue weighted by Gasteiger charge is 2.20. The number of benzene rings is 1. The van der Waals surface area contributed by atoms with Crippen LogP contribution in [0.25, 0.3) is 0 Å². The molecule has 0 fully saturated rings. The monoisotopic (exact) mass is 263 g/mol. The topological polar surface area (TPSA) is 53.1 Å². The lowest BCUT2D eigenvalue weighted by Gasteiger charge is -2.16. The van der Waals surface area contributed by atoms with Crippen LogP contribution in [-0.4, -0.2) is 16.9 Å². The van der Waals surface area contributed by atoms with Crippen molar-refractivity contribution >= 4 is 0 Å². The number of hydrogen-bond donors (Lipinski definition) is 1. The van der Waals surface area contributed by atoms with Gasteiger partial charge in [0.05, 0.1) is 19.3 Å². The van der Waals surface area contributed by atoms with Crippen molar-refractivity contribution in [2.75, 3.05) is 7.11 Å². The summed E-state index contributed by atoms with van der Waals surface area (Å²) in [6.07, 6.45) is 1.63. The van der Waals surface area contributed by atoms with E-state index in [9.17, 15) is 4.39 Å². The fraction of sp³-hybridized carbons (Fsp3) is 0.357. The minimum absolute atomic E-state index is 0.255. The number of aryl methyl sites for hydroxylation is 2. The summed E-state index contributed by atoms with van der Waals surface area (Å²) in [5.41, 5.74) is 8.29. The number of halogens is 1. The Labute approximate surface area is 112 Å². The largest absolute Gasteiger partial charge is 0.493 e. The first-order valence-electron chi connectivity index (χ1n) is 6.19. The number of hydrogen-bond acceptors (Lipinski definition) is 3. The summed E-state index contributed by atoms with van der Waals surface area (Å²) in [6.45, 7) is 4.38. The molecule has 1 aromatic heterocycles. The Morgan fingerprint density at radius 3 is 2.79 bits per heavy atom. The van der Waals surface area contributed by atoms with Crippen molar-refractivity contribution in [3.8, 4) is 5.75 Å². The maximum atomic E-state index is 13.6. The van der Waals surface area contributed by atoms with Crippen LogP contribution in [0.1, 0.15) is 29.8 Å². The van der Waals surface area contributed by atoms with Gasteiger partial charge in [0.25, 0.3) is 0 Å². The van der Waals surface area contributed by atoms with Gasteiger partial charge in [-0.05, 0) is 31.0 Å². The first kappa shape index (κ1) is 13.5. The standard InChI is InChI=1S/C14H18FN3O/c1-4-18-14(12(19-3)8-17-18)13(16)10-6-5-9(2)11(15)7-10/h5-8,13H,4,16H2,1-3H3. The second-order valence-electron chi connectivity index (χ2n) is 4.40. The first-order chi connectivity index (χ1) is 9.08. The average molecular weight is 263 g/mol. The summed E-state index contributed by atoms with van der Waals surface area (Å²) in [6, 6.07) is 4.55. The third-order valence-corrected chi connectivity index (χ3v) is 3.21. The molecule has 0 aliphatic carbocycles. The third-order valence-electron chi connectivity index (χ3n) is 3.21. The van der Waals surface area contributed by atoms with E-state index in [1.807, 2.05) is 13.0 Å². The van der Waals surface area contributed by atoms with Gasteiger partial charge in [-0.15, -0.1) is 0 Å². The van der Waals surface area contributed by atoms with E-state index in [0.29, 0.717) is 23.4 Å². The number of aromatic nitrogens is 2. The highest BCUT2D eigenvalue weighted by Crippen LogP contribution is 2.28. The number of methoxy groups -OCH3 is 1. The second kappa shape index (κ2) is 5.40. The molecule has 4 nitrogen and oxygen atoms in total. The van der Waals surface area contributed by atoms with Gasteiger partial charge < -0.3 is 10.5 Å². The number of nitrogens with zero attached hydrogens (tertiary/aromatic N) is 2. The van der Waals surface area contributed by atoms with Gasteiger partial charge in [-0.3, -0.25) is 4.68 Å². The van der Waals surface area contributed by atoms with Crippen molar-refractivity contribution in [2.45, 2.75) is 26.4 Å². The number of rotatable bonds is 4. The van der Waals surface area contributed by atoms with Gasteiger partial charge in [0.1, 0.15) is 11.5 Å². The Hall–Kier alpha value is -1.88. The van der Waals surface area contributed by atoms with Gasteiger partial charge in [-0.2, -0.15) is 5.10 Å². The molecule has 2 N–H and O–H groups in total. The van der Waals surface area contributed by atoms with Crippen molar-refractivity contribution in [3.63, 3.8) is 0 Å². The molecule has 0 radical (unpaired) electrons. The number of ether oxygens (including phenoxy) is 1. The van der Waals surface area contributed by atoms with E-state index in [1.54, 1.807) is 31.0 Å². The molecule has 2 rings (SSSR count). The van der Waals surface area contributed by atoms with E-state index < -0.39 is 6.04 Å². The van der Waals surface area contributed by atoms with Crippen LogP contribution < -0.4 is 10.5 Å². The van der Waals surface area contributed by atoms with E-state index in [1.165, 1.54) is 6.07 Å². The van der Waals surface area contributed by atoms with Gasteiger partial charge in [0.2, 0.25) is 0 Å². The van der Waals surface area contributed by atoms with Crippen LogP contribution in [0.5, 0.6) is 5.75 Å². The van der Waals surface area contributed by atoms with Crippen LogP contribution in [0, 0.1) is 12.7 Å². The maximum Gasteiger partial charge on any atom is 0.161 e. The maximum absolute atomic E-state index is 13.6. The highest BCUT2D eigenvalue weighted by atomic mass is 19.1. The van der Waals surface area contributed by atoms with Crippen LogP contribution in [0.15, 0.2) is 24.4 Å². The van der Waals surface area contributed by atoms with E-state index >= 15 is 0 Å². The number of nitrogens with two attached hydrogens (primary N) is 1. The van der Waals surface area contributed by atoms with Crippen LogP contribution in [-0.2, 0) is 6.54 Å². The molecule has 19 heavy (non-hydrogen) atoms. The van der Waals surface area contributed by atoms with Crippen molar-refractivity contribution in [1.82, 2.24) is 9.78 Å². The summed E-state index contributed by atoms with van der Waals surface area (Å²) in [4.78, 5) is 0. The van der Waals surface area contributed by atoms with E-state index in [-0.39, 0.29) is 5.82 Å². The molecule has 0 saturated carbocycles. The molecule has 0 bridgehead atoms. The van der Waals surface area contributed by atoms with Crippen LogP contribution >= 0.6 is 0 Å². The zero-order valence-corrected chi connectivity index (χ0v) is 11.4. The smallest absolute Gasteiger partial charge is 0.161 e. The van der Waals surface area contributed by atoms with Gasteiger partial charge >= 0.3 is 0 Å². The van der Waals surface area contributed by atoms with E-state index in [2.05, 4.69) is 5.10 Å². The minimum atomic E-state index is -0.465. The van der Waals surface area contributed by atoms with Gasteiger partial charge in [-0.1, -0.05) is 12.1 Å². The Balaban J connectivity index is 2.45. The average Bonchev–Trinajstić information content (AvgIpc) is 2.83. The first-order valence-corrected chi connectivity index (χ1v) is 6.19.